The van der Waals surface area contributed by atoms with Gasteiger partial charge in [0.1, 0.15) is 11.1 Å². The number of carbonyl (C=O) groups excluding carboxylic acids is 1. The lowest BCUT2D eigenvalue weighted by atomic mass is 9.77. The van der Waals surface area contributed by atoms with E-state index in [4.69, 9.17) is 15.8 Å². The highest BCUT2D eigenvalue weighted by atomic mass is 16.5. The number of aryl methyl sites for hydroxylation is 1. The first-order valence-electron chi connectivity index (χ1n) is 18.1. The number of hydrogen-bond donors (Lipinski definition) is 3. The van der Waals surface area contributed by atoms with Gasteiger partial charge in [-0.05, 0) is 80.9 Å². The number of ether oxygens (including phenoxy) is 1. The predicted octanol–water partition coefficient (Wildman–Crippen LogP) is 7.77. The van der Waals surface area contributed by atoms with Gasteiger partial charge in [0, 0.05) is 67.2 Å². The third-order valence-corrected chi connectivity index (χ3v) is 11.0. The third-order valence-electron chi connectivity index (χ3n) is 11.0. The third kappa shape index (κ3) is 6.38. The average molecular weight is 676 g/mol. The molecule has 3 aliphatic carbocycles. The zero-order chi connectivity index (χ0) is 34.7. The molecule has 5 aliphatic rings. The fourth-order valence-corrected chi connectivity index (χ4v) is 8.48. The van der Waals surface area contributed by atoms with Crippen molar-refractivity contribution >= 4 is 49.5 Å². The monoisotopic (exact) mass is 675 g/mol. The molecule has 0 radical (unpaired) electrons. The van der Waals surface area contributed by atoms with Gasteiger partial charge in [-0.1, -0.05) is 91.0 Å². The van der Waals surface area contributed by atoms with Gasteiger partial charge in [-0.15, -0.1) is 0 Å². The van der Waals surface area contributed by atoms with Crippen molar-refractivity contribution in [3.05, 3.63) is 131 Å². The van der Waals surface area contributed by atoms with Crippen LogP contribution in [0.25, 0.3) is 32.3 Å². The molecule has 1 atom stereocenters. The molecule has 256 valence electrons. The fourth-order valence-electron chi connectivity index (χ4n) is 8.48. The Morgan fingerprint density at radius 2 is 1.43 bits per heavy atom. The van der Waals surface area contributed by atoms with E-state index in [0.717, 1.165) is 76.5 Å². The first-order chi connectivity index (χ1) is 25.1. The van der Waals surface area contributed by atoms with Gasteiger partial charge in [-0.3, -0.25) is 4.79 Å². The summed E-state index contributed by atoms with van der Waals surface area (Å²) in [5.41, 5.74) is 20.1. The van der Waals surface area contributed by atoms with Crippen molar-refractivity contribution in [3.63, 3.8) is 0 Å². The Hall–Kier alpha value is -5.40. The summed E-state index contributed by atoms with van der Waals surface area (Å²) < 4.78 is 5.73. The number of morpholine rings is 1. The number of carbonyl (C=O) groups is 1. The Labute approximate surface area is 298 Å². The van der Waals surface area contributed by atoms with Gasteiger partial charge in [0.2, 0.25) is 4.91 Å². The molecule has 2 saturated heterocycles. The number of anilines is 2. The van der Waals surface area contributed by atoms with Crippen LogP contribution in [0.2, 0.25) is 0 Å². The molecule has 0 aromatic heterocycles. The predicted molar refractivity (Wildman–Crippen MR) is 206 cm³/mol. The number of ketones is 1. The smallest absolute Gasteiger partial charge is 0.211 e. The number of fused-ring (bicyclic) bond motifs is 8. The topological polar surface area (TPSA) is 107 Å². The molecule has 3 N–H and O–H groups in total. The van der Waals surface area contributed by atoms with Gasteiger partial charge in [-0.25, -0.2) is 0 Å². The quantitative estimate of drug-likeness (QED) is 0.103. The van der Waals surface area contributed by atoms with Crippen molar-refractivity contribution in [1.29, 1.82) is 11.1 Å². The van der Waals surface area contributed by atoms with Crippen molar-refractivity contribution in [2.24, 2.45) is 0 Å². The molecule has 5 aromatic rings. The van der Waals surface area contributed by atoms with E-state index < -0.39 is 0 Å². The van der Waals surface area contributed by atoms with E-state index >= 15 is 0 Å². The molecule has 2 fully saturated rings. The number of hydrogen-bond acceptors (Lipinski definition) is 7. The normalized spacial score (nSPS) is 19.1. The highest BCUT2D eigenvalue weighted by molar-refractivity contribution is 6.18. The van der Waals surface area contributed by atoms with Crippen molar-refractivity contribution in [2.45, 2.75) is 25.2 Å². The SMILES string of the molecule is N=[N+]=N.O=C1C2=CC=C1C=C2.c1ccc2c(N3CCOCC3)c(C3CCc4c(ccc5c4ccc4cc(N6CCNCC6)ccc45)C3)ccc2c1. The van der Waals surface area contributed by atoms with Gasteiger partial charge >= 0.3 is 0 Å². The number of rotatable bonds is 3. The van der Waals surface area contributed by atoms with E-state index in [-0.39, 0.29) is 5.78 Å². The average Bonchev–Trinajstić information content (AvgIpc) is 3.73. The first kappa shape index (κ1) is 32.8. The lowest BCUT2D eigenvalue weighted by Crippen LogP contribution is -2.43. The maximum atomic E-state index is 10.8. The molecule has 2 heterocycles. The molecule has 2 bridgehead atoms. The zero-order valence-electron chi connectivity index (χ0n) is 28.8. The summed E-state index contributed by atoms with van der Waals surface area (Å²) in [6.07, 6.45) is 10.8. The van der Waals surface area contributed by atoms with Crippen LogP contribution >= 0.6 is 0 Å². The van der Waals surface area contributed by atoms with Crippen LogP contribution in [0, 0.1) is 11.1 Å². The van der Waals surface area contributed by atoms with Crippen molar-refractivity contribution in [2.75, 3.05) is 62.3 Å². The van der Waals surface area contributed by atoms with E-state index in [2.05, 4.69) is 94.0 Å². The van der Waals surface area contributed by atoms with E-state index in [1.165, 1.54) is 61.2 Å². The van der Waals surface area contributed by atoms with E-state index in [0.29, 0.717) is 5.92 Å². The van der Waals surface area contributed by atoms with E-state index in [1.54, 1.807) is 5.56 Å². The van der Waals surface area contributed by atoms with Gasteiger partial charge in [0.15, 0.2) is 5.78 Å². The van der Waals surface area contributed by atoms with Crippen LogP contribution in [-0.2, 0) is 22.4 Å². The van der Waals surface area contributed by atoms with Crippen LogP contribution in [0.4, 0.5) is 11.4 Å². The van der Waals surface area contributed by atoms with Crippen LogP contribution in [0.15, 0.2) is 114 Å². The first-order valence-corrected chi connectivity index (χ1v) is 18.1. The second-order valence-corrected chi connectivity index (χ2v) is 13.8. The van der Waals surface area contributed by atoms with Gasteiger partial charge in [-0.2, -0.15) is 0 Å². The lowest BCUT2D eigenvalue weighted by Gasteiger charge is -2.35. The second kappa shape index (κ2) is 14.4. The Bertz CT molecular complexity index is 2250. The molecule has 0 spiro atoms. The Morgan fingerprint density at radius 3 is 2.16 bits per heavy atom. The van der Waals surface area contributed by atoms with Gasteiger partial charge < -0.3 is 19.9 Å². The number of benzene rings is 5. The van der Waals surface area contributed by atoms with Crippen molar-refractivity contribution in [1.82, 2.24) is 10.2 Å². The lowest BCUT2D eigenvalue weighted by molar-refractivity contribution is -0.111. The molecule has 0 saturated carbocycles. The molecule has 10 rings (SSSR count). The summed E-state index contributed by atoms with van der Waals surface area (Å²) in [4.78, 5) is 17.9. The van der Waals surface area contributed by atoms with E-state index in [1.807, 2.05) is 29.2 Å². The molecular weight excluding hydrogens is 633 g/mol. The molecule has 8 heteroatoms. The Balaban J connectivity index is 0.000000292. The summed E-state index contributed by atoms with van der Waals surface area (Å²) in [5.74, 6) is 0.722. The molecule has 1 unspecified atom stereocenters. The number of Topliss-reactive ketones (excluding diaryl/α,β-unsaturated/α-hetero) is 1. The molecule has 2 aliphatic heterocycles. The molecule has 8 nitrogen and oxygen atoms in total. The van der Waals surface area contributed by atoms with Gasteiger partial charge in [0.05, 0.1) is 13.2 Å². The Morgan fingerprint density at radius 1 is 0.725 bits per heavy atom. The van der Waals surface area contributed by atoms with Crippen LogP contribution in [0.5, 0.6) is 0 Å². The minimum Gasteiger partial charge on any atom is -0.378 e. The Kier molecular flexibility index (Phi) is 9.29. The second-order valence-electron chi connectivity index (χ2n) is 13.8. The van der Waals surface area contributed by atoms with Crippen molar-refractivity contribution in [3.8, 4) is 0 Å². The molecule has 51 heavy (non-hydrogen) atoms. The fraction of sp³-hybridized carbons (Fsp3) is 0.279. The minimum absolute atomic E-state index is 0.185. The number of nitrogens with zero attached hydrogens (tertiary/aromatic N) is 3. The largest absolute Gasteiger partial charge is 0.378 e. The van der Waals surface area contributed by atoms with Crippen LogP contribution in [-0.4, -0.2) is 58.3 Å². The number of piperazine rings is 1. The summed E-state index contributed by atoms with van der Waals surface area (Å²) in [5, 5.41) is 11.8. The summed E-state index contributed by atoms with van der Waals surface area (Å²) in [7, 11) is 0. The van der Waals surface area contributed by atoms with Crippen LogP contribution in [0.3, 0.4) is 0 Å². The number of nitrogens with one attached hydrogen (secondary N) is 3. The standard InChI is InChI=1S/C36H37N3O.C7H4O.H2N3/c1-2-4-32-25(3-1)5-11-33(36(32)39-19-21-40-22-20-39)27-6-10-30-26(23-27)7-12-35-31-14-9-29(38-17-15-37-16-18-38)24-28(31)8-13-34(30)35;8-7-5-1-2-6(7)4-3-5;1-3-2/h1-5,7-9,11-14,24,27,37H,6,10,15-23H2;1-4H;1-2H/q;;+1. The molecule has 0 amide bonds. The van der Waals surface area contributed by atoms with Crippen molar-refractivity contribution < 1.29 is 9.53 Å². The summed E-state index contributed by atoms with van der Waals surface area (Å²) in [6.45, 7) is 7.86. The summed E-state index contributed by atoms with van der Waals surface area (Å²) >= 11 is 0. The minimum atomic E-state index is 0.185. The number of allylic oxidation sites excluding steroid dienone is 6. The van der Waals surface area contributed by atoms with Crippen LogP contribution < -0.4 is 20.0 Å². The highest BCUT2D eigenvalue weighted by Crippen LogP contribution is 2.43. The summed E-state index contributed by atoms with van der Waals surface area (Å²) in [6, 6.07) is 30.3. The van der Waals surface area contributed by atoms with Crippen LogP contribution in [0.1, 0.15) is 29.0 Å². The maximum absolute atomic E-state index is 10.8. The zero-order valence-corrected chi connectivity index (χ0v) is 28.8. The highest BCUT2D eigenvalue weighted by Gasteiger charge is 2.27. The molecule has 5 aromatic carbocycles. The molecular formula is C43H43N6O2+. The maximum Gasteiger partial charge on any atom is 0.211 e. The van der Waals surface area contributed by atoms with E-state index in [9.17, 15) is 4.79 Å². The van der Waals surface area contributed by atoms with Gasteiger partial charge in [0.25, 0.3) is 0 Å².